The van der Waals surface area contributed by atoms with Gasteiger partial charge in [-0.25, -0.2) is 4.98 Å². The Morgan fingerprint density at radius 3 is 2.32 bits per heavy atom. The van der Waals surface area contributed by atoms with E-state index >= 15 is 0 Å². The molecule has 0 amide bonds. The van der Waals surface area contributed by atoms with Crippen LogP contribution in [0.5, 0.6) is 5.75 Å². The van der Waals surface area contributed by atoms with Crippen molar-refractivity contribution in [2.24, 2.45) is 5.10 Å². The summed E-state index contributed by atoms with van der Waals surface area (Å²) in [7, 11) is 0. The molecule has 37 heavy (non-hydrogen) atoms. The molecule has 0 bridgehead atoms. The second-order valence-corrected chi connectivity index (χ2v) is 10.6. The van der Waals surface area contributed by atoms with Gasteiger partial charge in [0, 0.05) is 5.56 Å². The Hall–Kier alpha value is -2.97. The lowest BCUT2D eigenvalue weighted by atomic mass is 10.2. The van der Waals surface area contributed by atoms with Crippen LogP contribution in [0.4, 0.5) is 0 Å². The maximum absolute atomic E-state index is 13.3. The Morgan fingerprint density at radius 1 is 0.892 bits per heavy atom. The molecule has 4 aromatic carbocycles. The number of ether oxygens (including phenoxy) is 1. The predicted molar refractivity (Wildman–Crippen MR) is 157 cm³/mol. The summed E-state index contributed by atoms with van der Waals surface area (Å²) in [6.07, 6.45) is 1.61. The van der Waals surface area contributed by atoms with Crippen LogP contribution < -0.4 is 10.3 Å². The maximum Gasteiger partial charge on any atom is 0.282 e. The van der Waals surface area contributed by atoms with Crippen LogP contribution in [0.25, 0.3) is 22.3 Å². The van der Waals surface area contributed by atoms with Gasteiger partial charge in [-0.15, -0.1) is 0 Å². The summed E-state index contributed by atoms with van der Waals surface area (Å²) in [5, 5.41) is 5.99. The van der Waals surface area contributed by atoms with Gasteiger partial charge in [0.25, 0.3) is 5.56 Å². The molecule has 0 N–H and O–H groups in total. The highest BCUT2D eigenvalue weighted by atomic mass is 79.9. The van der Waals surface area contributed by atoms with Crippen molar-refractivity contribution >= 4 is 72.2 Å². The van der Waals surface area contributed by atoms with Crippen molar-refractivity contribution in [3.8, 4) is 17.1 Å². The van der Waals surface area contributed by atoms with Crippen LogP contribution in [0.2, 0.25) is 10.0 Å². The monoisotopic (exact) mass is 655 g/mol. The van der Waals surface area contributed by atoms with Gasteiger partial charge in [0.05, 0.1) is 36.1 Å². The summed E-state index contributed by atoms with van der Waals surface area (Å²) in [5.41, 5.74) is 2.79. The number of rotatable bonds is 6. The third-order valence-electron chi connectivity index (χ3n) is 5.50. The molecule has 0 unspecified atom stereocenters. The molecule has 0 aliphatic rings. The van der Waals surface area contributed by atoms with Crippen molar-refractivity contribution in [2.45, 2.75) is 6.61 Å². The summed E-state index contributed by atoms with van der Waals surface area (Å²) < 4.78 is 8.77. The van der Waals surface area contributed by atoms with Gasteiger partial charge in [-0.3, -0.25) is 4.79 Å². The van der Waals surface area contributed by atoms with Crippen LogP contribution >= 0.6 is 55.1 Å². The van der Waals surface area contributed by atoms with Crippen LogP contribution in [0.15, 0.2) is 104 Å². The van der Waals surface area contributed by atoms with Crippen LogP contribution in [-0.2, 0) is 6.61 Å². The standard InChI is InChI=1S/C28H17Br2Cl2N3O2/c29-21-12-18(13-22(30)26(21)37-16-17-10-11-23(31)24(32)14-17)15-33-35-27(19-6-2-1-3-7-19)34-25-9-5-4-8-20(25)28(35)36/h1-15H,16H2. The molecule has 5 aromatic rings. The minimum atomic E-state index is -0.250. The number of hydrogen-bond acceptors (Lipinski definition) is 4. The molecule has 1 heterocycles. The maximum atomic E-state index is 13.3. The number of fused-ring (bicyclic) bond motifs is 1. The zero-order chi connectivity index (χ0) is 25.9. The molecule has 5 nitrogen and oxygen atoms in total. The molecular formula is C28H17Br2Cl2N3O2. The third kappa shape index (κ3) is 5.65. The topological polar surface area (TPSA) is 56.5 Å². The summed E-state index contributed by atoms with van der Waals surface area (Å²) in [6, 6.07) is 25.8. The van der Waals surface area contributed by atoms with Gasteiger partial charge in [-0.1, -0.05) is 71.7 Å². The SMILES string of the molecule is O=c1c2ccccc2nc(-c2ccccc2)n1N=Cc1cc(Br)c(OCc2ccc(Cl)c(Cl)c2)c(Br)c1. The first-order valence-electron chi connectivity index (χ1n) is 11.1. The van der Waals surface area contributed by atoms with Gasteiger partial charge in [0.1, 0.15) is 12.4 Å². The van der Waals surface area contributed by atoms with E-state index in [0.29, 0.717) is 39.1 Å². The highest BCUT2D eigenvalue weighted by Gasteiger charge is 2.13. The largest absolute Gasteiger partial charge is 0.487 e. The van der Waals surface area contributed by atoms with E-state index in [1.54, 1.807) is 24.4 Å². The van der Waals surface area contributed by atoms with Gasteiger partial charge in [-0.05, 0) is 79.4 Å². The molecule has 184 valence electrons. The average Bonchev–Trinajstić information content (AvgIpc) is 2.90. The van der Waals surface area contributed by atoms with E-state index < -0.39 is 0 Å². The van der Waals surface area contributed by atoms with E-state index in [-0.39, 0.29) is 5.56 Å². The van der Waals surface area contributed by atoms with E-state index in [4.69, 9.17) is 32.9 Å². The first-order valence-corrected chi connectivity index (χ1v) is 13.4. The Balaban J connectivity index is 1.48. The molecule has 0 saturated carbocycles. The number of benzene rings is 4. The summed E-state index contributed by atoms with van der Waals surface area (Å²) in [4.78, 5) is 18.1. The fraction of sp³-hybridized carbons (Fsp3) is 0.0357. The van der Waals surface area contributed by atoms with E-state index in [1.807, 2.05) is 66.7 Å². The Labute approximate surface area is 239 Å². The zero-order valence-corrected chi connectivity index (χ0v) is 23.7. The summed E-state index contributed by atoms with van der Waals surface area (Å²) in [6.45, 7) is 0.306. The number of halogens is 4. The highest BCUT2D eigenvalue weighted by Crippen LogP contribution is 2.35. The number of hydrogen-bond donors (Lipinski definition) is 0. The van der Waals surface area contributed by atoms with Gasteiger partial charge in [0.15, 0.2) is 5.82 Å². The van der Waals surface area contributed by atoms with Crippen LogP contribution in [-0.4, -0.2) is 15.9 Å². The van der Waals surface area contributed by atoms with Crippen molar-refractivity contribution < 1.29 is 4.74 Å². The quantitative estimate of drug-likeness (QED) is 0.173. The van der Waals surface area contributed by atoms with Crippen molar-refractivity contribution in [2.75, 3.05) is 0 Å². The fourth-order valence-electron chi connectivity index (χ4n) is 3.71. The lowest BCUT2D eigenvalue weighted by molar-refractivity contribution is 0.302. The van der Waals surface area contributed by atoms with E-state index in [1.165, 1.54) is 4.68 Å². The summed E-state index contributed by atoms with van der Waals surface area (Å²) in [5.74, 6) is 1.08. The number of para-hydroxylation sites is 1. The average molecular weight is 658 g/mol. The molecule has 0 fully saturated rings. The van der Waals surface area contributed by atoms with Gasteiger partial charge >= 0.3 is 0 Å². The summed E-state index contributed by atoms with van der Waals surface area (Å²) >= 11 is 19.3. The first-order chi connectivity index (χ1) is 17.9. The van der Waals surface area contributed by atoms with Crippen molar-refractivity contribution in [1.29, 1.82) is 0 Å². The van der Waals surface area contributed by atoms with Crippen molar-refractivity contribution in [3.63, 3.8) is 0 Å². The molecule has 0 saturated heterocycles. The highest BCUT2D eigenvalue weighted by molar-refractivity contribution is 9.11. The molecule has 0 radical (unpaired) electrons. The Bertz CT molecular complexity index is 1680. The molecule has 0 aliphatic heterocycles. The second-order valence-electron chi connectivity index (χ2n) is 8.03. The lowest BCUT2D eigenvalue weighted by Gasteiger charge is -2.12. The van der Waals surface area contributed by atoms with Crippen LogP contribution in [0.1, 0.15) is 11.1 Å². The van der Waals surface area contributed by atoms with Gasteiger partial charge < -0.3 is 4.74 Å². The number of nitrogens with zero attached hydrogens (tertiary/aromatic N) is 3. The fourth-order valence-corrected chi connectivity index (χ4v) is 5.48. The predicted octanol–water partition coefficient (Wildman–Crippen LogP) is 8.36. The zero-order valence-electron chi connectivity index (χ0n) is 19.0. The smallest absolute Gasteiger partial charge is 0.282 e. The second kappa shape index (κ2) is 11.2. The van der Waals surface area contributed by atoms with E-state index in [9.17, 15) is 4.79 Å². The number of aromatic nitrogens is 2. The molecular weight excluding hydrogens is 641 g/mol. The third-order valence-corrected chi connectivity index (χ3v) is 7.41. The van der Waals surface area contributed by atoms with Crippen LogP contribution in [0.3, 0.4) is 0 Å². The lowest BCUT2D eigenvalue weighted by Crippen LogP contribution is -2.20. The molecule has 9 heteroatoms. The van der Waals surface area contributed by atoms with E-state index in [0.717, 1.165) is 25.6 Å². The molecule has 5 rings (SSSR count). The van der Waals surface area contributed by atoms with Crippen molar-refractivity contribution in [3.05, 3.63) is 125 Å². The molecule has 0 atom stereocenters. The normalized spacial score (nSPS) is 11.4. The molecule has 0 spiro atoms. The minimum Gasteiger partial charge on any atom is -0.487 e. The van der Waals surface area contributed by atoms with Crippen molar-refractivity contribution in [1.82, 2.24) is 9.66 Å². The Kier molecular flexibility index (Phi) is 7.76. The van der Waals surface area contributed by atoms with Crippen LogP contribution in [0, 0.1) is 0 Å². The minimum absolute atomic E-state index is 0.250. The van der Waals surface area contributed by atoms with Gasteiger partial charge in [0.2, 0.25) is 0 Å². The van der Waals surface area contributed by atoms with E-state index in [2.05, 4.69) is 37.0 Å². The molecule has 1 aromatic heterocycles. The van der Waals surface area contributed by atoms with Gasteiger partial charge in [-0.2, -0.15) is 9.78 Å². The first kappa shape index (κ1) is 25.7. The Morgan fingerprint density at radius 2 is 1.59 bits per heavy atom. The molecule has 0 aliphatic carbocycles.